The number of nitrogens with two attached hydrogens (primary N) is 1. The van der Waals surface area contributed by atoms with Gasteiger partial charge in [-0.1, -0.05) is 46.1 Å². The number of nitrogens with zero attached hydrogens (tertiary/aromatic N) is 2. The minimum absolute atomic E-state index is 0.396. The van der Waals surface area contributed by atoms with Gasteiger partial charge in [-0.3, -0.25) is 0 Å². The van der Waals surface area contributed by atoms with Gasteiger partial charge in [-0.2, -0.15) is 4.98 Å². The highest BCUT2D eigenvalue weighted by molar-refractivity contribution is 9.10. The number of rotatable bonds is 3. The van der Waals surface area contributed by atoms with Crippen LogP contribution >= 0.6 is 15.9 Å². The molecule has 1 aromatic carbocycles. The molecule has 1 aromatic heterocycles. The first-order valence-electron chi connectivity index (χ1n) is 6.72. The van der Waals surface area contributed by atoms with Crippen molar-refractivity contribution in [1.82, 2.24) is 10.1 Å². The predicted molar refractivity (Wildman–Crippen MR) is 81.7 cm³/mol. The summed E-state index contributed by atoms with van der Waals surface area (Å²) in [6.07, 6.45) is 7.90. The Labute approximate surface area is 126 Å². The van der Waals surface area contributed by atoms with Crippen LogP contribution in [-0.4, -0.2) is 10.1 Å². The van der Waals surface area contributed by atoms with Gasteiger partial charge in [0.05, 0.1) is 5.54 Å². The normalized spacial score (nSPS) is 17.9. The second-order valence-electron chi connectivity index (χ2n) is 5.20. The predicted octanol–water partition coefficient (Wildman–Crippen LogP) is 3.73. The zero-order valence-electron chi connectivity index (χ0n) is 11.1. The molecule has 2 N–H and O–H groups in total. The summed E-state index contributed by atoms with van der Waals surface area (Å²) in [4.78, 5) is 4.40. The molecule has 0 atom stereocenters. The second-order valence-corrected chi connectivity index (χ2v) is 6.12. The Morgan fingerprint density at radius 3 is 2.55 bits per heavy atom. The molecule has 5 heteroatoms. The van der Waals surface area contributed by atoms with Crippen molar-refractivity contribution in [3.8, 4) is 0 Å². The van der Waals surface area contributed by atoms with Crippen molar-refractivity contribution in [3.63, 3.8) is 0 Å². The molecule has 0 amide bonds. The third-order valence-corrected chi connectivity index (χ3v) is 4.20. The summed E-state index contributed by atoms with van der Waals surface area (Å²) < 4.78 is 6.31. The summed E-state index contributed by atoms with van der Waals surface area (Å²) >= 11 is 3.41. The lowest BCUT2D eigenvalue weighted by Gasteiger charge is -2.17. The van der Waals surface area contributed by atoms with Gasteiger partial charge in [0, 0.05) is 10.5 Å². The topological polar surface area (TPSA) is 64.9 Å². The Kier molecular flexibility index (Phi) is 3.72. The fraction of sp³-hybridized carbons (Fsp3) is 0.333. The monoisotopic (exact) mass is 333 g/mol. The molecule has 1 saturated carbocycles. The summed E-state index contributed by atoms with van der Waals surface area (Å²) in [5.41, 5.74) is 6.99. The fourth-order valence-corrected chi connectivity index (χ4v) is 2.74. The zero-order chi connectivity index (χ0) is 14.0. The quantitative estimate of drug-likeness (QED) is 0.929. The Hall–Kier alpha value is -1.46. The van der Waals surface area contributed by atoms with E-state index < -0.39 is 5.54 Å². The summed E-state index contributed by atoms with van der Waals surface area (Å²) in [7, 11) is 0. The van der Waals surface area contributed by atoms with Gasteiger partial charge in [0.15, 0.2) is 5.82 Å². The molecule has 0 unspecified atom stereocenters. The van der Waals surface area contributed by atoms with Crippen molar-refractivity contribution in [2.75, 3.05) is 0 Å². The van der Waals surface area contributed by atoms with Gasteiger partial charge in [0.1, 0.15) is 0 Å². The van der Waals surface area contributed by atoms with Crippen molar-refractivity contribution in [1.29, 1.82) is 0 Å². The van der Waals surface area contributed by atoms with E-state index in [9.17, 15) is 0 Å². The molecule has 0 saturated heterocycles. The minimum Gasteiger partial charge on any atom is -0.335 e. The van der Waals surface area contributed by atoms with E-state index in [4.69, 9.17) is 10.3 Å². The van der Waals surface area contributed by atoms with Gasteiger partial charge in [-0.05, 0) is 36.6 Å². The van der Waals surface area contributed by atoms with E-state index in [0.717, 1.165) is 35.7 Å². The molecule has 1 aliphatic carbocycles. The van der Waals surface area contributed by atoms with Crippen LogP contribution in [0.5, 0.6) is 0 Å². The van der Waals surface area contributed by atoms with Gasteiger partial charge in [-0.25, -0.2) is 0 Å². The molecule has 0 radical (unpaired) electrons. The van der Waals surface area contributed by atoms with Crippen molar-refractivity contribution < 1.29 is 4.52 Å². The third-order valence-electron chi connectivity index (χ3n) is 3.67. The molecule has 20 heavy (non-hydrogen) atoms. The van der Waals surface area contributed by atoms with Crippen molar-refractivity contribution >= 4 is 28.1 Å². The van der Waals surface area contributed by atoms with Crippen molar-refractivity contribution in [2.24, 2.45) is 5.73 Å². The van der Waals surface area contributed by atoms with E-state index in [2.05, 4.69) is 26.1 Å². The molecule has 1 aliphatic rings. The second kappa shape index (κ2) is 5.50. The SMILES string of the molecule is NC1(c2noc(/C=C/c3ccc(Br)cc3)n2)CCCC1. The van der Waals surface area contributed by atoms with Crippen LogP contribution in [0.25, 0.3) is 12.2 Å². The minimum atomic E-state index is -0.396. The first kappa shape index (κ1) is 13.5. The van der Waals surface area contributed by atoms with Crippen LogP contribution in [0.1, 0.15) is 43.0 Å². The number of aromatic nitrogens is 2. The number of benzene rings is 1. The first-order valence-corrected chi connectivity index (χ1v) is 7.52. The van der Waals surface area contributed by atoms with Crippen LogP contribution in [0.4, 0.5) is 0 Å². The molecule has 0 aliphatic heterocycles. The van der Waals surface area contributed by atoms with Crippen molar-refractivity contribution in [2.45, 2.75) is 31.2 Å². The summed E-state index contributed by atoms with van der Waals surface area (Å²) in [5, 5.41) is 4.03. The highest BCUT2D eigenvalue weighted by Gasteiger charge is 2.35. The van der Waals surface area contributed by atoms with E-state index in [0.29, 0.717) is 11.7 Å². The van der Waals surface area contributed by atoms with E-state index >= 15 is 0 Å². The summed E-state index contributed by atoms with van der Waals surface area (Å²) in [5.74, 6) is 1.13. The Bertz CT molecular complexity index is 612. The smallest absolute Gasteiger partial charge is 0.250 e. The number of halogens is 1. The molecule has 1 heterocycles. The Morgan fingerprint density at radius 1 is 1.15 bits per heavy atom. The first-order chi connectivity index (χ1) is 9.66. The van der Waals surface area contributed by atoms with Gasteiger partial charge >= 0.3 is 0 Å². The standard InChI is InChI=1S/C15H16BrN3O/c16-12-6-3-11(4-7-12)5-8-13-18-14(19-20-13)15(17)9-1-2-10-15/h3-8H,1-2,9-10,17H2/b8-5+. The molecular formula is C15H16BrN3O. The highest BCUT2D eigenvalue weighted by Crippen LogP contribution is 2.34. The van der Waals surface area contributed by atoms with Crippen molar-refractivity contribution in [3.05, 3.63) is 46.0 Å². The number of hydrogen-bond donors (Lipinski definition) is 1. The summed E-state index contributed by atoms with van der Waals surface area (Å²) in [6.45, 7) is 0. The molecule has 2 aromatic rings. The van der Waals surface area contributed by atoms with Crippen LogP contribution in [0, 0.1) is 0 Å². The van der Waals surface area contributed by atoms with E-state index in [1.165, 1.54) is 0 Å². The van der Waals surface area contributed by atoms with E-state index in [1.807, 2.05) is 36.4 Å². The zero-order valence-corrected chi connectivity index (χ0v) is 12.6. The average molecular weight is 334 g/mol. The maximum atomic E-state index is 6.30. The third kappa shape index (κ3) is 2.83. The van der Waals surface area contributed by atoms with Crippen LogP contribution < -0.4 is 5.73 Å². The van der Waals surface area contributed by atoms with E-state index in [1.54, 1.807) is 0 Å². The largest absolute Gasteiger partial charge is 0.335 e. The highest BCUT2D eigenvalue weighted by atomic mass is 79.9. The lowest BCUT2D eigenvalue weighted by atomic mass is 9.99. The molecule has 1 fully saturated rings. The van der Waals surface area contributed by atoms with Gasteiger partial charge in [0.25, 0.3) is 5.89 Å². The average Bonchev–Trinajstić information content (AvgIpc) is 3.08. The van der Waals surface area contributed by atoms with Crippen LogP contribution in [0.3, 0.4) is 0 Å². The molecule has 4 nitrogen and oxygen atoms in total. The Morgan fingerprint density at radius 2 is 1.85 bits per heavy atom. The summed E-state index contributed by atoms with van der Waals surface area (Å²) in [6, 6.07) is 8.01. The van der Waals surface area contributed by atoms with Crippen LogP contribution in [-0.2, 0) is 5.54 Å². The van der Waals surface area contributed by atoms with E-state index in [-0.39, 0.29) is 0 Å². The van der Waals surface area contributed by atoms with Crippen LogP contribution in [0.15, 0.2) is 33.3 Å². The van der Waals surface area contributed by atoms with Crippen LogP contribution in [0.2, 0.25) is 0 Å². The Balaban J connectivity index is 1.75. The molecular weight excluding hydrogens is 318 g/mol. The van der Waals surface area contributed by atoms with Gasteiger partial charge < -0.3 is 10.3 Å². The van der Waals surface area contributed by atoms with Gasteiger partial charge in [0.2, 0.25) is 0 Å². The molecule has 0 spiro atoms. The maximum absolute atomic E-state index is 6.30. The molecule has 0 bridgehead atoms. The van der Waals surface area contributed by atoms with Gasteiger partial charge in [-0.15, -0.1) is 0 Å². The lowest BCUT2D eigenvalue weighted by molar-refractivity contribution is 0.364. The molecule has 3 rings (SSSR count). The molecule has 104 valence electrons. The number of hydrogen-bond acceptors (Lipinski definition) is 4. The maximum Gasteiger partial charge on any atom is 0.250 e. The fourth-order valence-electron chi connectivity index (χ4n) is 2.48. The lowest BCUT2D eigenvalue weighted by Crippen LogP contribution is -2.34.